The van der Waals surface area contributed by atoms with Crippen molar-refractivity contribution in [2.24, 2.45) is 0 Å². The fraction of sp³-hybridized carbons (Fsp3) is 0.333. The van der Waals surface area contributed by atoms with E-state index in [9.17, 15) is 4.39 Å². The average Bonchev–Trinajstić information content (AvgIpc) is 3.58. The molecular weight excluding hydrogens is 371 g/mol. The van der Waals surface area contributed by atoms with Gasteiger partial charge in [0.25, 0.3) is 0 Å². The van der Waals surface area contributed by atoms with Crippen LogP contribution in [0.5, 0.6) is 0 Å². The average molecular weight is 401 g/mol. The van der Waals surface area contributed by atoms with Crippen LogP contribution in [0.25, 0.3) is 0 Å². The maximum atomic E-state index is 13.2. The first kappa shape index (κ1) is 19.3. The van der Waals surface area contributed by atoms with E-state index in [1.165, 1.54) is 36.2 Å². The van der Waals surface area contributed by atoms with Gasteiger partial charge in [0.1, 0.15) is 5.82 Å². The number of rotatable bonds is 6. The van der Waals surface area contributed by atoms with Gasteiger partial charge in [-0.1, -0.05) is 60.7 Å². The van der Waals surface area contributed by atoms with Crippen LogP contribution in [-0.4, -0.2) is 37.6 Å². The van der Waals surface area contributed by atoms with Crippen molar-refractivity contribution in [1.29, 1.82) is 0 Å². The van der Waals surface area contributed by atoms with Crippen LogP contribution in [0.1, 0.15) is 29.5 Å². The molecule has 1 aliphatic heterocycles. The third kappa shape index (κ3) is 4.13. The Morgan fingerprint density at radius 1 is 0.733 bits per heavy atom. The lowest BCUT2D eigenvalue weighted by Gasteiger charge is -2.38. The molecule has 3 heteroatoms. The van der Waals surface area contributed by atoms with Gasteiger partial charge in [-0.15, -0.1) is 0 Å². The lowest BCUT2D eigenvalue weighted by atomic mass is 9.95. The molecule has 1 aliphatic carbocycles. The Labute approximate surface area is 179 Å². The van der Waals surface area contributed by atoms with Crippen LogP contribution in [0.2, 0.25) is 0 Å². The number of anilines is 1. The molecule has 0 radical (unpaired) electrons. The summed E-state index contributed by atoms with van der Waals surface area (Å²) in [6.07, 6.45) is 3.48. The minimum absolute atomic E-state index is 0.174. The van der Waals surface area contributed by atoms with Crippen LogP contribution < -0.4 is 4.90 Å². The molecule has 0 bridgehead atoms. The van der Waals surface area contributed by atoms with Gasteiger partial charge in [-0.25, -0.2) is 4.39 Å². The topological polar surface area (TPSA) is 6.48 Å². The van der Waals surface area contributed by atoms with Crippen molar-refractivity contribution in [2.75, 3.05) is 37.6 Å². The fourth-order valence-electron chi connectivity index (χ4n) is 4.85. The highest BCUT2D eigenvalue weighted by atomic mass is 19.1. The highest BCUT2D eigenvalue weighted by Crippen LogP contribution is 2.48. The zero-order chi connectivity index (χ0) is 20.4. The lowest BCUT2D eigenvalue weighted by molar-refractivity contribution is 0.235. The molecule has 5 rings (SSSR count). The van der Waals surface area contributed by atoms with Crippen molar-refractivity contribution in [3.05, 3.63) is 101 Å². The molecule has 154 valence electrons. The number of halogens is 1. The molecule has 2 fully saturated rings. The summed E-state index contributed by atoms with van der Waals surface area (Å²) in [5.41, 5.74) is 5.70. The van der Waals surface area contributed by atoms with E-state index in [1.54, 1.807) is 12.1 Å². The Balaban J connectivity index is 1.23. The maximum absolute atomic E-state index is 13.2. The maximum Gasteiger partial charge on any atom is 0.123 e. The standard InChI is InChI=1S/C27H29FN2/c28-25-12-10-22(11-13-25)20-23-6-4-5-9-26(23)30-18-16-29(17-19-30)21-27(14-15-27)24-7-2-1-3-8-24/h1-13H,14-21H2. The van der Waals surface area contributed by atoms with Crippen LogP contribution >= 0.6 is 0 Å². The van der Waals surface area contributed by atoms with Gasteiger partial charge >= 0.3 is 0 Å². The minimum Gasteiger partial charge on any atom is -0.369 e. The Morgan fingerprint density at radius 3 is 2.10 bits per heavy atom. The fourth-order valence-corrected chi connectivity index (χ4v) is 4.85. The molecule has 0 unspecified atom stereocenters. The van der Waals surface area contributed by atoms with E-state index in [2.05, 4.69) is 64.4 Å². The van der Waals surface area contributed by atoms with E-state index in [-0.39, 0.29) is 5.82 Å². The highest BCUT2D eigenvalue weighted by molar-refractivity contribution is 5.55. The largest absolute Gasteiger partial charge is 0.369 e. The number of hydrogen-bond acceptors (Lipinski definition) is 2. The molecule has 1 saturated carbocycles. The summed E-state index contributed by atoms with van der Waals surface area (Å²) < 4.78 is 13.2. The monoisotopic (exact) mass is 400 g/mol. The first-order valence-corrected chi connectivity index (χ1v) is 11.1. The van der Waals surface area contributed by atoms with Gasteiger partial charge in [0.2, 0.25) is 0 Å². The molecular formula is C27H29FN2. The first-order valence-electron chi connectivity index (χ1n) is 11.1. The molecule has 3 aromatic rings. The molecule has 0 aromatic heterocycles. The summed E-state index contributed by atoms with van der Waals surface area (Å²) in [6, 6.07) is 26.6. The van der Waals surface area contributed by atoms with Gasteiger partial charge < -0.3 is 4.90 Å². The van der Waals surface area contributed by atoms with Crippen molar-refractivity contribution < 1.29 is 4.39 Å². The molecule has 1 saturated heterocycles. The number of nitrogens with zero attached hydrogens (tertiary/aromatic N) is 2. The number of piperazine rings is 1. The zero-order valence-corrected chi connectivity index (χ0v) is 17.4. The second-order valence-electron chi connectivity index (χ2n) is 8.84. The molecule has 30 heavy (non-hydrogen) atoms. The summed E-state index contributed by atoms with van der Waals surface area (Å²) in [5.74, 6) is -0.174. The smallest absolute Gasteiger partial charge is 0.123 e. The lowest BCUT2D eigenvalue weighted by Crippen LogP contribution is -2.48. The predicted molar refractivity (Wildman–Crippen MR) is 122 cm³/mol. The molecule has 0 amide bonds. The van der Waals surface area contributed by atoms with E-state index in [4.69, 9.17) is 0 Å². The molecule has 0 N–H and O–H groups in total. The van der Waals surface area contributed by atoms with Crippen molar-refractivity contribution in [2.45, 2.75) is 24.7 Å². The molecule has 0 atom stereocenters. The van der Waals surface area contributed by atoms with E-state index < -0.39 is 0 Å². The quantitative estimate of drug-likeness (QED) is 0.556. The van der Waals surface area contributed by atoms with Gasteiger partial charge in [0.15, 0.2) is 0 Å². The zero-order valence-electron chi connectivity index (χ0n) is 17.4. The summed E-state index contributed by atoms with van der Waals surface area (Å²) >= 11 is 0. The molecule has 0 spiro atoms. The van der Waals surface area contributed by atoms with E-state index in [1.807, 2.05) is 12.1 Å². The first-order chi connectivity index (χ1) is 14.7. The second kappa shape index (κ2) is 8.23. The highest BCUT2D eigenvalue weighted by Gasteiger charge is 2.45. The van der Waals surface area contributed by atoms with Crippen molar-refractivity contribution >= 4 is 5.69 Å². The molecule has 2 aliphatic rings. The molecule has 1 heterocycles. The van der Waals surface area contributed by atoms with Gasteiger partial charge in [-0.2, -0.15) is 0 Å². The van der Waals surface area contributed by atoms with Crippen molar-refractivity contribution in [3.8, 4) is 0 Å². The van der Waals surface area contributed by atoms with Gasteiger partial charge in [0.05, 0.1) is 0 Å². The molecule has 2 nitrogen and oxygen atoms in total. The number of benzene rings is 3. The SMILES string of the molecule is Fc1ccc(Cc2ccccc2N2CCN(CC3(c4ccccc4)CC3)CC2)cc1. The minimum atomic E-state index is -0.174. The van der Waals surface area contributed by atoms with E-state index in [0.717, 1.165) is 38.2 Å². The third-order valence-corrected chi connectivity index (χ3v) is 6.78. The summed E-state index contributed by atoms with van der Waals surface area (Å²) in [7, 11) is 0. The third-order valence-electron chi connectivity index (χ3n) is 6.78. The Bertz CT molecular complexity index is 971. The van der Waals surface area contributed by atoms with Crippen molar-refractivity contribution in [3.63, 3.8) is 0 Å². The number of para-hydroxylation sites is 1. The number of hydrogen-bond donors (Lipinski definition) is 0. The van der Waals surface area contributed by atoms with Crippen LogP contribution in [0.4, 0.5) is 10.1 Å². The summed E-state index contributed by atoms with van der Waals surface area (Å²) in [4.78, 5) is 5.18. The van der Waals surface area contributed by atoms with E-state index >= 15 is 0 Å². The summed E-state index contributed by atoms with van der Waals surface area (Å²) in [5, 5.41) is 0. The Morgan fingerprint density at radius 2 is 1.40 bits per heavy atom. The van der Waals surface area contributed by atoms with E-state index in [0.29, 0.717) is 5.41 Å². The van der Waals surface area contributed by atoms with Crippen LogP contribution in [0, 0.1) is 5.82 Å². The Kier molecular flexibility index (Phi) is 5.30. The predicted octanol–water partition coefficient (Wildman–Crippen LogP) is 5.27. The van der Waals surface area contributed by atoms with Gasteiger partial charge in [-0.05, 0) is 54.2 Å². The van der Waals surface area contributed by atoms with Crippen LogP contribution in [-0.2, 0) is 11.8 Å². The van der Waals surface area contributed by atoms with Crippen LogP contribution in [0.3, 0.4) is 0 Å². The Hall–Kier alpha value is -2.65. The summed E-state index contributed by atoms with van der Waals surface area (Å²) in [6.45, 7) is 5.53. The van der Waals surface area contributed by atoms with Crippen molar-refractivity contribution in [1.82, 2.24) is 4.90 Å². The molecule has 3 aromatic carbocycles. The van der Waals surface area contributed by atoms with Gasteiger partial charge in [-0.3, -0.25) is 4.90 Å². The van der Waals surface area contributed by atoms with Crippen LogP contribution in [0.15, 0.2) is 78.9 Å². The normalized spacial score (nSPS) is 18.4. The second-order valence-corrected chi connectivity index (χ2v) is 8.84. The van der Waals surface area contributed by atoms with Gasteiger partial charge in [0, 0.05) is 43.8 Å².